The van der Waals surface area contributed by atoms with E-state index in [1.54, 1.807) is 11.0 Å². The van der Waals surface area contributed by atoms with Crippen molar-refractivity contribution < 1.29 is 18.6 Å². The fourth-order valence-electron chi connectivity index (χ4n) is 2.90. The molecule has 0 unspecified atom stereocenters. The average molecular weight is 318 g/mol. The minimum absolute atomic E-state index is 0.0937. The average Bonchev–Trinajstić information content (AvgIpc) is 3.25. The first kappa shape index (κ1) is 15.3. The molecule has 0 radical (unpaired) electrons. The predicted molar refractivity (Wildman–Crippen MR) is 78.6 cm³/mol. The molecule has 8 heteroatoms. The Morgan fingerprint density at radius 2 is 1.96 bits per heavy atom. The van der Waals surface area contributed by atoms with Gasteiger partial charge in [-0.25, -0.2) is 0 Å². The van der Waals surface area contributed by atoms with Gasteiger partial charge in [-0.1, -0.05) is 17.2 Å². The van der Waals surface area contributed by atoms with E-state index in [0.717, 1.165) is 12.8 Å². The normalized spacial score (nSPS) is 21.2. The molecule has 2 aromatic heterocycles. The zero-order chi connectivity index (χ0) is 16.2. The van der Waals surface area contributed by atoms with Crippen molar-refractivity contribution in [2.45, 2.75) is 25.8 Å². The number of amides is 2. The molecule has 1 saturated heterocycles. The fourth-order valence-corrected chi connectivity index (χ4v) is 2.90. The quantitative estimate of drug-likeness (QED) is 0.912. The summed E-state index contributed by atoms with van der Waals surface area (Å²) in [4.78, 5) is 26.3. The standard InChI is InChI=1S/C15H18N4O4/c1-10-3-2-6-19(15(21)12-5-8-23-18-12)13(10)9-16-14(20)11-4-7-22-17-11/h4-5,7-8,10,13H,2-3,6,9H2,1H3,(H,16,20)/t10-,13-/m1/s1. The Morgan fingerprint density at radius 3 is 2.61 bits per heavy atom. The number of nitrogens with zero attached hydrogens (tertiary/aromatic N) is 3. The smallest absolute Gasteiger partial charge is 0.276 e. The van der Waals surface area contributed by atoms with Gasteiger partial charge in [0.05, 0.1) is 6.04 Å². The van der Waals surface area contributed by atoms with Gasteiger partial charge in [0.2, 0.25) is 0 Å². The molecule has 2 amide bonds. The third-order valence-electron chi connectivity index (χ3n) is 4.18. The molecule has 0 bridgehead atoms. The van der Waals surface area contributed by atoms with Crippen LogP contribution in [0.1, 0.15) is 40.7 Å². The molecule has 3 rings (SSSR count). The molecule has 2 atom stereocenters. The van der Waals surface area contributed by atoms with Crippen LogP contribution in [0, 0.1) is 5.92 Å². The summed E-state index contributed by atoms with van der Waals surface area (Å²) < 4.78 is 9.41. The largest absolute Gasteiger partial charge is 0.364 e. The molecule has 0 saturated carbocycles. The molecule has 8 nitrogen and oxygen atoms in total. The van der Waals surface area contributed by atoms with Crippen molar-refractivity contribution in [2.24, 2.45) is 5.92 Å². The van der Waals surface area contributed by atoms with Crippen LogP contribution in [0.4, 0.5) is 0 Å². The van der Waals surface area contributed by atoms with Crippen molar-refractivity contribution in [3.63, 3.8) is 0 Å². The minimum atomic E-state index is -0.314. The topological polar surface area (TPSA) is 101 Å². The fraction of sp³-hybridized carbons (Fsp3) is 0.467. The first-order valence-corrected chi connectivity index (χ1v) is 7.56. The van der Waals surface area contributed by atoms with E-state index in [4.69, 9.17) is 4.52 Å². The maximum atomic E-state index is 12.6. The second kappa shape index (κ2) is 6.64. The highest BCUT2D eigenvalue weighted by molar-refractivity contribution is 5.93. The van der Waals surface area contributed by atoms with Gasteiger partial charge in [0.1, 0.15) is 12.5 Å². The van der Waals surface area contributed by atoms with E-state index < -0.39 is 0 Å². The summed E-state index contributed by atoms with van der Waals surface area (Å²) in [5, 5.41) is 10.1. The molecule has 2 aromatic rings. The van der Waals surface area contributed by atoms with Gasteiger partial charge in [0.25, 0.3) is 11.8 Å². The number of carbonyl (C=O) groups is 2. The van der Waals surface area contributed by atoms with E-state index in [-0.39, 0.29) is 35.2 Å². The molecule has 0 aliphatic carbocycles. The summed E-state index contributed by atoms with van der Waals surface area (Å²) in [6.07, 6.45) is 4.66. The minimum Gasteiger partial charge on any atom is -0.364 e. The van der Waals surface area contributed by atoms with Gasteiger partial charge in [-0.05, 0) is 18.8 Å². The van der Waals surface area contributed by atoms with Crippen molar-refractivity contribution in [1.29, 1.82) is 0 Å². The Hall–Kier alpha value is -2.64. The van der Waals surface area contributed by atoms with Gasteiger partial charge < -0.3 is 19.3 Å². The lowest BCUT2D eigenvalue weighted by atomic mass is 9.90. The summed E-state index contributed by atoms with van der Waals surface area (Å²) >= 11 is 0. The highest BCUT2D eigenvalue weighted by Crippen LogP contribution is 2.24. The summed E-state index contributed by atoms with van der Waals surface area (Å²) in [7, 11) is 0. The predicted octanol–water partition coefficient (Wildman–Crippen LogP) is 1.33. The van der Waals surface area contributed by atoms with Crippen molar-refractivity contribution in [2.75, 3.05) is 13.1 Å². The molecular weight excluding hydrogens is 300 g/mol. The second-order valence-electron chi connectivity index (χ2n) is 5.66. The maximum Gasteiger partial charge on any atom is 0.276 e. The van der Waals surface area contributed by atoms with Crippen LogP contribution in [-0.4, -0.2) is 46.2 Å². The highest BCUT2D eigenvalue weighted by Gasteiger charge is 2.33. The third kappa shape index (κ3) is 3.25. The number of piperidine rings is 1. The molecule has 122 valence electrons. The monoisotopic (exact) mass is 318 g/mol. The van der Waals surface area contributed by atoms with Crippen LogP contribution in [0.3, 0.4) is 0 Å². The third-order valence-corrected chi connectivity index (χ3v) is 4.18. The lowest BCUT2D eigenvalue weighted by molar-refractivity contribution is 0.0497. The lowest BCUT2D eigenvalue weighted by Crippen LogP contribution is -2.53. The zero-order valence-corrected chi connectivity index (χ0v) is 12.8. The van der Waals surface area contributed by atoms with E-state index in [1.165, 1.54) is 18.6 Å². The van der Waals surface area contributed by atoms with Gasteiger partial charge in [0.15, 0.2) is 11.4 Å². The van der Waals surface area contributed by atoms with Crippen LogP contribution in [0.25, 0.3) is 0 Å². The number of hydrogen-bond acceptors (Lipinski definition) is 6. The number of hydrogen-bond donors (Lipinski definition) is 1. The Labute approximate surface area is 132 Å². The van der Waals surface area contributed by atoms with Gasteiger partial charge in [-0.3, -0.25) is 9.59 Å². The zero-order valence-electron chi connectivity index (χ0n) is 12.8. The van der Waals surface area contributed by atoms with Crippen LogP contribution in [-0.2, 0) is 0 Å². The Kier molecular flexibility index (Phi) is 4.40. The highest BCUT2D eigenvalue weighted by atomic mass is 16.5. The second-order valence-corrected chi connectivity index (χ2v) is 5.66. The maximum absolute atomic E-state index is 12.6. The van der Waals surface area contributed by atoms with Crippen molar-refractivity contribution in [3.8, 4) is 0 Å². The Bertz CT molecular complexity index is 653. The van der Waals surface area contributed by atoms with Gasteiger partial charge in [-0.2, -0.15) is 0 Å². The number of aromatic nitrogens is 2. The van der Waals surface area contributed by atoms with Crippen LogP contribution in [0.2, 0.25) is 0 Å². The summed E-state index contributed by atoms with van der Waals surface area (Å²) in [6, 6.07) is 2.95. The first-order valence-electron chi connectivity index (χ1n) is 7.56. The van der Waals surface area contributed by atoms with E-state index >= 15 is 0 Å². The van der Waals surface area contributed by atoms with Crippen molar-refractivity contribution >= 4 is 11.8 Å². The molecule has 1 aliphatic heterocycles. The van der Waals surface area contributed by atoms with Crippen LogP contribution >= 0.6 is 0 Å². The molecular formula is C15H18N4O4. The number of nitrogens with one attached hydrogen (secondary N) is 1. The SMILES string of the molecule is C[C@@H]1CCCN(C(=O)c2ccon2)[C@@H]1CNC(=O)c1ccon1. The molecule has 1 aliphatic rings. The van der Waals surface area contributed by atoms with Crippen LogP contribution in [0.5, 0.6) is 0 Å². The Morgan fingerprint density at radius 1 is 1.26 bits per heavy atom. The van der Waals surface area contributed by atoms with Crippen molar-refractivity contribution in [3.05, 3.63) is 36.0 Å². The lowest BCUT2D eigenvalue weighted by Gasteiger charge is -2.39. The van der Waals surface area contributed by atoms with Crippen LogP contribution in [0.15, 0.2) is 33.7 Å². The summed E-state index contributed by atoms with van der Waals surface area (Å²) in [6.45, 7) is 3.08. The molecule has 3 heterocycles. The molecule has 1 fully saturated rings. The van der Waals surface area contributed by atoms with Gasteiger partial charge in [0, 0.05) is 25.2 Å². The van der Waals surface area contributed by atoms with E-state index in [2.05, 4.69) is 27.1 Å². The number of likely N-dealkylation sites (tertiary alicyclic amines) is 1. The molecule has 1 N–H and O–H groups in total. The molecule has 0 aromatic carbocycles. The van der Waals surface area contributed by atoms with Crippen LogP contribution < -0.4 is 5.32 Å². The summed E-state index contributed by atoms with van der Waals surface area (Å²) in [5.74, 6) is -0.214. The summed E-state index contributed by atoms with van der Waals surface area (Å²) in [5.41, 5.74) is 0.509. The van der Waals surface area contributed by atoms with Crippen molar-refractivity contribution in [1.82, 2.24) is 20.5 Å². The van der Waals surface area contributed by atoms with E-state index in [9.17, 15) is 9.59 Å². The van der Waals surface area contributed by atoms with Gasteiger partial charge >= 0.3 is 0 Å². The van der Waals surface area contributed by atoms with Gasteiger partial charge in [-0.15, -0.1) is 0 Å². The van der Waals surface area contributed by atoms with E-state index in [0.29, 0.717) is 13.1 Å². The number of rotatable bonds is 4. The molecule has 0 spiro atoms. The first-order chi connectivity index (χ1) is 11.2. The molecule has 23 heavy (non-hydrogen) atoms. The van der Waals surface area contributed by atoms with E-state index in [1.807, 2.05) is 0 Å². The Balaban J connectivity index is 1.68. The number of carbonyl (C=O) groups excluding carboxylic acids is 2.